The second-order valence-electron chi connectivity index (χ2n) is 7.59. The molecule has 5 heteroatoms. The fourth-order valence-electron chi connectivity index (χ4n) is 3.11. The van der Waals surface area contributed by atoms with Gasteiger partial charge in [0.05, 0.1) is 6.04 Å². The average molecular weight is 339 g/mol. The smallest absolute Gasteiger partial charge is 0.270 e. The molecule has 1 fully saturated rings. The lowest BCUT2D eigenvalue weighted by atomic mass is 9.92. The van der Waals surface area contributed by atoms with Crippen molar-refractivity contribution in [1.29, 1.82) is 0 Å². The molecule has 1 heterocycles. The van der Waals surface area contributed by atoms with Crippen molar-refractivity contribution in [3.05, 3.63) is 63.3 Å². The van der Waals surface area contributed by atoms with Crippen LogP contribution in [0, 0.1) is 12.8 Å². The predicted octanol–water partition coefficient (Wildman–Crippen LogP) is 3.26. The minimum absolute atomic E-state index is 0.130. The summed E-state index contributed by atoms with van der Waals surface area (Å²) in [6.45, 7) is 8.08. The van der Waals surface area contributed by atoms with Crippen LogP contribution in [-0.4, -0.2) is 15.9 Å². The van der Waals surface area contributed by atoms with E-state index < -0.39 is 0 Å². The molecular formula is C20H25N3O2. The number of aryl methyl sites for hydroxylation is 1. The highest BCUT2D eigenvalue weighted by Crippen LogP contribution is 2.47. The Morgan fingerprint density at radius 3 is 2.40 bits per heavy atom. The van der Waals surface area contributed by atoms with E-state index in [9.17, 15) is 9.59 Å². The minimum atomic E-state index is -0.328. The lowest BCUT2D eigenvalue weighted by Crippen LogP contribution is -2.33. The molecule has 0 bridgehead atoms. The molecule has 5 nitrogen and oxygen atoms in total. The normalized spacial score (nSPS) is 16.5. The van der Waals surface area contributed by atoms with Gasteiger partial charge < -0.3 is 10.3 Å². The molecule has 0 saturated heterocycles. The van der Waals surface area contributed by atoms with E-state index in [4.69, 9.17) is 0 Å². The van der Waals surface area contributed by atoms with Gasteiger partial charge in [-0.3, -0.25) is 9.59 Å². The minimum Gasteiger partial charge on any atom is -0.344 e. The van der Waals surface area contributed by atoms with E-state index in [-0.39, 0.29) is 29.1 Å². The summed E-state index contributed by atoms with van der Waals surface area (Å²) in [4.78, 5) is 30.8. The molecular weight excluding hydrogens is 314 g/mol. The van der Waals surface area contributed by atoms with Gasteiger partial charge in [0.25, 0.3) is 11.5 Å². The van der Waals surface area contributed by atoms with E-state index in [0.717, 1.165) is 5.56 Å². The van der Waals surface area contributed by atoms with Gasteiger partial charge in [-0.25, -0.2) is 4.98 Å². The number of hydrogen-bond acceptors (Lipinski definition) is 3. The first-order valence-corrected chi connectivity index (χ1v) is 8.78. The van der Waals surface area contributed by atoms with E-state index in [1.54, 1.807) is 6.92 Å². The van der Waals surface area contributed by atoms with E-state index in [2.05, 4.69) is 60.3 Å². The Kier molecular flexibility index (Phi) is 4.50. The maximum absolute atomic E-state index is 12.5. The maximum atomic E-state index is 12.5. The van der Waals surface area contributed by atoms with Crippen molar-refractivity contribution in [2.75, 3.05) is 0 Å². The molecule has 1 aliphatic carbocycles. The van der Waals surface area contributed by atoms with Gasteiger partial charge in [-0.2, -0.15) is 0 Å². The number of rotatable bonds is 5. The summed E-state index contributed by atoms with van der Waals surface area (Å²) in [6.07, 6.45) is 2.48. The first-order valence-electron chi connectivity index (χ1n) is 8.78. The molecule has 0 unspecified atom stereocenters. The Hall–Kier alpha value is -2.43. The first-order chi connectivity index (χ1) is 11.8. The Balaban J connectivity index is 1.81. The van der Waals surface area contributed by atoms with Gasteiger partial charge in [-0.1, -0.05) is 45.0 Å². The fourth-order valence-corrected chi connectivity index (χ4v) is 3.11. The van der Waals surface area contributed by atoms with E-state index in [1.165, 1.54) is 24.5 Å². The first kappa shape index (κ1) is 17.4. The number of nitrogens with zero attached hydrogens (tertiary/aromatic N) is 1. The van der Waals surface area contributed by atoms with Crippen LogP contribution in [0.3, 0.4) is 0 Å². The SMILES string of the molecule is Cc1nc(C(=O)N[C@@H](c2ccc(C3(C)CC3)cc2)C(C)C)cc(=O)[nH]1. The molecule has 0 radical (unpaired) electrons. The zero-order valence-electron chi connectivity index (χ0n) is 15.2. The van der Waals surface area contributed by atoms with Crippen molar-refractivity contribution in [3.63, 3.8) is 0 Å². The Morgan fingerprint density at radius 2 is 1.88 bits per heavy atom. The second-order valence-corrected chi connectivity index (χ2v) is 7.59. The third kappa shape index (κ3) is 3.81. The highest BCUT2D eigenvalue weighted by Gasteiger charge is 2.38. The van der Waals surface area contributed by atoms with Gasteiger partial charge in [-0.05, 0) is 42.2 Å². The van der Waals surface area contributed by atoms with Crippen LogP contribution in [-0.2, 0) is 5.41 Å². The Labute approximate surface area is 147 Å². The summed E-state index contributed by atoms with van der Waals surface area (Å²) < 4.78 is 0. The average Bonchev–Trinajstić information content (AvgIpc) is 3.30. The predicted molar refractivity (Wildman–Crippen MR) is 97.7 cm³/mol. The molecule has 2 N–H and O–H groups in total. The number of carbonyl (C=O) groups is 1. The molecule has 1 aliphatic rings. The largest absolute Gasteiger partial charge is 0.344 e. The maximum Gasteiger partial charge on any atom is 0.270 e. The molecule has 0 spiro atoms. The van der Waals surface area contributed by atoms with Crippen LogP contribution in [0.2, 0.25) is 0 Å². The summed E-state index contributed by atoms with van der Waals surface area (Å²) in [5, 5.41) is 3.02. The number of benzene rings is 1. The molecule has 0 aliphatic heterocycles. The third-order valence-corrected chi connectivity index (χ3v) is 5.01. The zero-order valence-corrected chi connectivity index (χ0v) is 15.2. The van der Waals surface area contributed by atoms with Crippen LogP contribution in [0.4, 0.5) is 0 Å². The topological polar surface area (TPSA) is 74.8 Å². The van der Waals surface area contributed by atoms with E-state index >= 15 is 0 Å². The lowest BCUT2D eigenvalue weighted by Gasteiger charge is -2.23. The standard InChI is InChI=1S/C20H25N3O2/c1-12(2)18(14-5-7-15(8-6-14)20(4)9-10-20)23-19(25)16-11-17(24)22-13(3)21-16/h5-8,11-12,18H,9-10H2,1-4H3,(H,23,25)(H,21,22,24)/t18-/m1/s1. The molecule has 1 atom stereocenters. The van der Waals surface area contributed by atoms with E-state index in [0.29, 0.717) is 11.2 Å². The van der Waals surface area contributed by atoms with Gasteiger partial charge in [0, 0.05) is 6.07 Å². The van der Waals surface area contributed by atoms with Gasteiger partial charge in [0.15, 0.2) is 0 Å². The van der Waals surface area contributed by atoms with Gasteiger partial charge in [0.2, 0.25) is 0 Å². The van der Waals surface area contributed by atoms with Crippen molar-refractivity contribution < 1.29 is 4.79 Å². The molecule has 132 valence electrons. The molecule has 1 aromatic heterocycles. The fraction of sp³-hybridized carbons (Fsp3) is 0.450. The van der Waals surface area contributed by atoms with Crippen molar-refractivity contribution in [2.45, 2.75) is 52.0 Å². The quantitative estimate of drug-likeness (QED) is 0.878. The van der Waals surface area contributed by atoms with Crippen LogP contribution < -0.4 is 10.9 Å². The van der Waals surface area contributed by atoms with Crippen LogP contribution >= 0.6 is 0 Å². The van der Waals surface area contributed by atoms with Crippen LogP contribution in [0.1, 0.15) is 67.1 Å². The van der Waals surface area contributed by atoms with Crippen molar-refractivity contribution >= 4 is 5.91 Å². The zero-order chi connectivity index (χ0) is 18.2. The van der Waals surface area contributed by atoms with Crippen LogP contribution in [0.5, 0.6) is 0 Å². The summed E-state index contributed by atoms with van der Waals surface area (Å²) in [7, 11) is 0. The number of aromatic amines is 1. The molecule has 1 amide bonds. The number of hydrogen-bond donors (Lipinski definition) is 2. The van der Waals surface area contributed by atoms with Gasteiger partial charge in [-0.15, -0.1) is 0 Å². The molecule has 2 aromatic rings. The molecule has 3 rings (SSSR count). The number of amides is 1. The highest BCUT2D eigenvalue weighted by molar-refractivity contribution is 5.92. The summed E-state index contributed by atoms with van der Waals surface area (Å²) >= 11 is 0. The van der Waals surface area contributed by atoms with Crippen molar-refractivity contribution in [3.8, 4) is 0 Å². The van der Waals surface area contributed by atoms with Gasteiger partial charge in [0.1, 0.15) is 11.5 Å². The van der Waals surface area contributed by atoms with Crippen LogP contribution in [0.25, 0.3) is 0 Å². The summed E-state index contributed by atoms with van der Waals surface area (Å²) in [5.41, 5.74) is 2.59. The third-order valence-electron chi connectivity index (χ3n) is 5.01. The summed E-state index contributed by atoms with van der Waals surface area (Å²) in [6, 6.07) is 9.63. The number of carbonyl (C=O) groups excluding carboxylic acids is 1. The Bertz CT molecular complexity index is 833. The highest BCUT2D eigenvalue weighted by atomic mass is 16.2. The lowest BCUT2D eigenvalue weighted by molar-refractivity contribution is 0.0920. The number of aromatic nitrogens is 2. The van der Waals surface area contributed by atoms with E-state index in [1.807, 2.05) is 0 Å². The number of H-pyrrole nitrogens is 1. The van der Waals surface area contributed by atoms with Gasteiger partial charge >= 0.3 is 0 Å². The molecule has 25 heavy (non-hydrogen) atoms. The monoisotopic (exact) mass is 339 g/mol. The molecule has 1 aromatic carbocycles. The van der Waals surface area contributed by atoms with Crippen LogP contribution in [0.15, 0.2) is 35.1 Å². The summed E-state index contributed by atoms with van der Waals surface area (Å²) in [5.74, 6) is 0.321. The number of nitrogens with one attached hydrogen (secondary N) is 2. The molecule has 1 saturated carbocycles. The Morgan fingerprint density at radius 1 is 1.24 bits per heavy atom. The second kappa shape index (κ2) is 6.47. The van der Waals surface area contributed by atoms with Crippen molar-refractivity contribution in [2.24, 2.45) is 5.92 Å². The van der Waals surface area contributed by atoms with Crippen molar-refractivity contribution in [1.82, 2.24) is 15.3 Å².